The Morgan fingerprint density at radius 3 is 2.41 bits per heavy atom. The summed E-state index contributed by atoms with van der Waals surface area (Å²) in [6, 6.07) is 17.4. The molecule has 0 spiro atoms. The first-order chi connectivity index (χ1) is 19.0. The first-order valence-electron chi connectivity index (χ1n) is 13.5. The molecule has 39 heavy (non-hydrogen) atoms. The van der Waals surface area contributed by atoms with Crippen LogP contribution in [0, 0.1) is 5.92 Å². The van der Waals surface area contributed by atoms with Gasteiger partial charge in [-0.1, -0.05) is 18.2 Å². The number of amides is 2. The van der Waals surface area contributed by atoms with Gasteiger partial charge in [0.2, 0.25) is 17.8 Å². The van der Waals surface area contributed by atoms with Gasteiger partial charge in [-0.2, -0.15) is 9.97 Å². The third kappa shape index (κ3) is 5.69. The molecule has 2 aromatic heterocycles. The molecule has 0 saturated carbocycles. The molecule has 10 heteroatoms. The summed E-state index contributed by atoms with van der Waals surface area (Å²) in [7, 11) is 0. The van der Waals surface area contributed by atoms with Crippen LogP contribution in [-0.4, -0.2) is 62.4 Å². The van der Waals surface area contributed by atoms with Crippen LogP contribution in [0.25, 0.3) is 16.9 Å². The van der Waals surface area contributed by atoms with E-state index in [9.17, 15) is 9.59 Å². The molecule has 3 heterocycles. The van der Waals surface area contributed by atoms with E-state index in [1.165, 1.54) is 6.92 Å². The van der Waals surface area contributed by atoms with Gasteiger partial charge in [-0.3, -0.25) is 14.2 Å². The molecule has 5 rings (SSSR count). The Kier molecular flexibility index (Phi) is 7.72. The normalized spacial score (nSPS) is 15.3. The molecule has 1 saturated heterocycles. The van der Waals surface area contributed by atoms with Crippen LogP contribution in [0.3, 0.4) is 0 Å². The Morgan fingerprint density at radius 2 is 1.72 bits per heavy atom. The summed E-state index contributed by atoms with van der Waals surface area (Å²) in [5.74, 6) is 1.12. The molecule has 2 N–H and O–H groups in total. The van der Waals surface area contributed by atoms with Crippen molar-refractivity contribution in [3.63, 3.8) is 0 Å². The summed E-state index contributed by atoms with van der Waals surface area (Å²) in [6.07, 6.45) is 3.51. The van der Waals surface area contributed by atoms with Gasteiger partial charge in [-0.15, -0.1) is 0 Å². The lowest BCUT2D eigenvalue weighted by Crippen LogP contribution is -2.45. The van der Waals surface area contributed by atoms with E-state index in [0.717, 1.165) is 30.8 Å². The predicted molar refractivity (Wildman–Crippen MR) is 154 cm³/mol. The maximum Gasteiger partial charge on any atom is 0.229 e. The highest BCUT2D eigenvalue weighted by molar-refractivity contribution is 5.90. The molecule has 2 aromatic carbocycles. The van der Waals surface area contributed by atoms with Crippen LogP contribution in [-0.2, 0) is 9.59 Å². The van der Waals surface area contributed by atoms with E-state index < -0.39 is 0 Å². The zero-order chi connectivity index (χ0) is 27.4. The largest absolute Gasteiger partial charge is 0.343 e. The van der Waals surface area contributed by atoms with Crippen molar-refractivity contribution in [2.24, 2.45) is 5.92 Å². The number of carbonyl (C=O) groups is 2. The van der Waals surface area contributed by atoms with E-state index in [4.69, 9.17) is 9.97 Å². The molecule has 4 aromatic rings. The Balaban J connectivity index is 1.52. The van der Waals surface area contributed by atoms with Gasteiger partial charge in [-0.25, -0.2) is 4.98 Å². The summed E-state index contributed by atoms with van der Waals surface area (Å²) in [5, 5.41) is 6.18. The lowest BCUT2D eigenvalue weighted by molar-refractivity contribution is -0.135. The number of imidazole rings is 1. The van der Waals surface area contributed by atoms with Crippen LogP contribution >= 0.6 is 0 Å². The SMILES string of the molecule is CCN(CC)C(=O)C1CCCN(c2nc(Nc3ccc(NC(C)=O)cc3)c3ncn(-c4ccccc4)c3n2)C1. The number of anilines is 4. The Hall–Kier alpha value is -4.47. The number of aromatic nitrogens is 4. The van der Waals surface area contributed by atoms with E-state index >= 15 is 0 Å². The molecule has 1 atom stereocenters. The van der Waals surface area contributed by atoms with E-state index in [1.54, 1.807) is 6.33 Å². The van der Waals surface area contributed by atoms with Crippen molar-refractivity contribution in [1.82, 2.24) is 24.4 Å². The fourth-order valence-corrected chi connectivity index (χ4v) is 5.03. The van der Waals surface area contributed by atoms with Crippen molar-refractivity contribution < 1.29 is 9.59 Å². The highest BCUT2D eigenvalue weighted by Gasteiger charge is 2.30. The highest BCUT2D eigenvalue weighted by Crippen LogP contribution is 2.30. The van der Waals surface area contributed by atoms with Crippen molar-refractivity contribution in [3.05, 3.63) is 60.9 Å². The first kappa shape index (κ1) is 26.1. The molecule has 0 bridgehead atoms. The summed E-state index contributed by atoms with van der Waals surface area (Å²) in [5.41, 5.74) is 3.79. The monoisotopic (exact) mass is 526 g/mol. The fourth-order valence-electron chi connectivity index (χ4n) is 5.03. The van der Waals surface area contributed by atoms with Gasteiger partial charge >= 0.3 is 0 Å². The standard InChI is InChI=1S/C29H34N8O2/c1-4-35(5-2)28(39)21-10-9-17-36(18-21)29-33-26(32-23-15-13-22(14-16-23)31-20(3)38)25-27(34-29)37(19-30-25)24-11-7-6-8-12-24/h6-8,11-16,19,21H,4-5,9-10,17-18H2,1-3H3,(H,31,38)(H,32,33,34). The minimum Gasteiger partial charge on any atom is -0.343 e. The third-order valence-electron chi connectivity index (χ3n) is 7.02. The van der Waals surface area contributed by atoms with Crippen LogP contribution in [0.2, 0.25) is 0 Å². The maximum atomic E-state index is 13.2. The average Bonchev–Trinajstić information content (AvgIpc) is 3.39. The molecular weight excluding hydrogens is 492 g/mol. The number of piperidine rings is 1. The number of fused-ring (bicyclic) bond motifs is 1. The molecule has 1 aliphatic rings. The molecule has 0 radical (unpaired) electrons. The van der Waals surface area contributed by atoms with E-state index in [2.05, 4.69) is 20.5 Å². The highest BCUT2D eigenvalue weighted by atomic mass is 16.2. The lowest BCUT2D eigenvalue weighted by atomic mass is 9.96. The zero-order valence-corrected chi connectivity index (χ0v) is 22.6. The van der Waals surface area contributed by atoms with Crippen LogP contribution in [0.4, 0.5) is 23.1 Å². The van der Waals surface area contributed by atoms with Gasteiger partial charge in [0.15, 0.2) is 17.0 Å². The molecule has 10 nitrogen and oxygen atoms in total. The van der Waals surface area contributed by atoms with Crippen molar-refractivity contribution in [2.75, 3.05) is 41.7 Å². The summed E-state index contributed by atoms with van der Waals surface area (Å²) >= 11 is 0. The van der Waals surface area contributed by atoms with Crippen molar-refractivity contribution >= 4 is 46.1 Å². The second-order valence-electron chi connectivity index (χ2n) is 9.67. The molecule has 202 valence electrons. The van der Waals surface area contributed by atoms with Crippen LogP contribution in [0.15, 0.2) is 60.9 Å². The number of carbonyl (C=O) groups excluding carboxylic acids is 2. The van der Waals surface area contributed by atoms with E-state index in [1.807, 2.05) is 77.9 Å². The Labute approximate surface area is 228 Å². The summed E-state index contributed by atoms with van der Waals surface area (Å²) in [6.45, 7) is 8.28. The molecular formula is C29H34N8O2. The van der Waals surface area contributed by atoms with Gasteiger partial charge in [0, 0.05) is 50.2 Å². The minimum atomic E-state index is -0.122. The summed E-state index contributed by atoms with van der Waals surface area (Å²) < 4.78 is 1.95. The molecule has 0 aliphatic carbocycles. The third-order valence-corrected chi connectivity index (χ3v) is 7.02. The van der Waals surface area contributed by atoms with Crippen LogP contribution in [0.1, 0.15) is 33.6 Å². The number of benzene rings is 2. The van der Waals surface area contributed by atoms with Gasteiger partial charge in [-0.05, 0) is 63.1 Å². The van der Waals surface area contributed by atoms with E-state index in [0.29, 0.717) is 48.3 Å². The van der Waals surface area contributed by atoms with Crippen molar-refractivity contribution in [1.29, 1.82) is 0 Å². The molecule has 1 aliphatic heterocycles. The average molecular weight is 527 g/mol. The maximum absolute atomic E-state index is 13.2. The summed E-state index contributed by atoms with van der Waals surface area (Å²) in [4.78, 5) is 43.1. The predicted octanol–water partition coefficient (Wildman–Crippen LogP) is 4.60. The Morgan fingerprint density at radius 1 is 1.00 bits per heavy atom. The lowest BCUT2D eigenvalue weighted by Gasteiger charge is -2.34. The number of nitrogens with one attached hydrogen (secondary N) is 2. The first-order valence-corrected chi connectivity index (χ1v) is 13.5. The number of nitrogens with zero attached hydrogens (tertiary/aromatic N) is 6. The molecule has 2 amide bonds. The second kappa shape index (κ2) is 11.5. The van der Waals surface area contributed by atoms with E-state index in [-0.39, 0.29) is 17.7 Å². The van der Waals surface area contributed by atoms with Crippen molar-refractivity contribution in [2.45, 2.75) is 33.6 Å². The number of rotatable bonds is 8. The van der Waals surface area contributed by atoms with Crippen LogP contribution in [0.5, 0.6) is 0 Å². The van der Waals surface area contributed by atoms with Gasteiger partial charge in [0.25, 0.3) is 0 Å². The molecule has 1 fully saturated rings. The fraction of sp³-hybridized carbons (Fsp3) is 0.345. The topological polar surface area (TPSA) is 108 Å². The minimum absolute atomic E-state index is 0.0882. The van der Waals surface area contributed by atoms with Gasteiger partial charge < -0.3 is 20.4 Å². The zero-order valence-electron chi connectivity index (χ0n) is 22.6. The van der Waals surface area contributed by atoms with Gasteiger partial charge in [0.1, 0.15) is 6.33 Å². The smallest absolute Gasteiger partial charge is 0.229 e. The van der Waals surface area contributed by atoms with Crippen molar-refractivity contribution in [3.8, 4) is 5.69 Å². The number of para-hydroxylation sites is 1. The van der Waals surface area contributed by atoms with Gasteiger partial charge in [0.05, 0.1) is 5.92 Å². The van der Waals surface area contributed by atoms with Crippen LogP contribution < -0.4 is 15.5 Å². The Bertz CT molecular complexity index is 1450. The molecule has 1 unspecified atom stereocenters. The second-order valence-corrected chi connectivity index (χ2v) is 9.67. The number of hydrogen-bond acceptors (Lipinski definition) is 7. The number of hydrogen-bond donors (Lipinski definition) is 2. The quantitative estimate of drug-likeness (QED) is 0.345.